The average molecular weight is 385 g/mol. The van der Waals surface area contributed by atoms with Crippen LogP contribution in [0.25, 0.3) is 5.52 Å². The predicted molar refractivity (Wildman–Crippen MR) is 101 cm³/mol. The lowest BCUT2D eigenvalue weighted by Gasteiger charge is -2.35. The number of carbonyl (C=O) groups is 1. The van der Waals surface area contributed by atoms with E-state index in [1.54, 1.807) is 35.5 Å². The fraction of sp³-hybridized carbons (Fsp3) is 0.278. The Morgan fingerprint density at radius 1 is 1.04 bits per heavy atom. The normalized spacial score (nSPS) is 15.3. The maximum atomic E-state index is 13.0. The zero-order valence-corrected chi connectivity index (χ0v) is 15.6. The molecule has 4 rings (SSSR count). The van der Waals surface area contributed by atoms with Crippen LogP contribution < -0.4 is 4.90 Å². The van der Waals surface area contributed by atoms with Crippen molar-refractivity contribution in [3.8, 4) is 0 Å². The Morgan fingerprint density at radius 3 is 2.44 bits per heavy atom. The van der Waals surface area contributed by atoms with Crippen LogP contribution >= 0.6 is 0 Å². The Labute approximate surface area is 157 Å². The van der Waals surface area contributed by atoms with Crippen molar-refractivity contribution in [2.75, 3.05) is 37.3 Å². The SMILES string of the molecule is CS(=O)(=O)c1nc(C(=O)N2CCN(c3ccccn3)CC2)c2ccccn12. The molecule has 0 aliphatic carbocycles. The third-order valence-corrected chi connectivity index (χ3v) is 5.54. The van der Waals surface area contributed by atoms with Crippen LogP contribution in [0.2, 0.25) is 0 Å². The molecule has 0 aromatic carbocycles. The van der Waals surface area contributed by atoms with Crippen LogP contribution in [0.3, 0.4) is 0 Å². The average Bonchev–Trinajstić information content (AvgIpc) is 3.08. The van der Waals surface area contributed by atoms with Gasteiger partial charge in [-0.25, -0.2) is 18.4 Å². The number of fused-ring (bicyclic) bond motifs is 1. The summed E-state index contributed by atoms with van der Waals surface area (Å²) >= 11 is 0. The first-order chi connectivity index (χ1) is 12.9. The molecular formula is C18H19N5O3S. The second kappa shape index (κ2) is 6.66. The third kappa shape index (κ3) is 3.25. The van der Waals surface area contributed by atoms with E-state index < -0.39 is 9.84 Å². The summed E-state index contributed by atoms with van der Waals surface area (Å²) in [5.41, 5.74) is 0.664. The van der Waals surface area contributed by atoms with E-state index in [0.29, 0.717) is 31.7 Å². The van der Waals surface area contributed by atoms with Crippen LogP contribution in [0, 0.1) is 0 Å². The molecule has 0 atom stereocenters. The Morgan fingerprint density at radius 2 is 1.78 bits per heavy atom. The van der Waals surface area contributed by atoms with Crippen molar-refractivity contribution in [2.45, 2.75) is 5.16 Å². The highest BCUT2D eigenvalue weighted by Crippen LogP contribution is 2.20. The van der Waals surface area contributed by atoms with Gasteiger partial charge in [-0.2, -0.15) is 0 Å². The molecule has 1 aliphatic rings. The summed E-state index contributed by atoms with van der Waals surface area (Å²) in [5.74, 6) is 0.630. The second-order valence-electron chi connectivity index (χ2n) is 6.44. The molecule has 1 saturated heterocycles. The van der Waals surface area contributed by atoms with E-state index in [0.717, 1.165) is 12.1 Å². The molecule has 1 fully saturated rings. The van der Waals surface area contributed by atoms with Crippen LogP contribution in [-0.4, -0.2) is 66.0 Å². The molecule has 1 amide bonds. The lowest BCUT2D eigenvalue weighted by Crippen LogP contribution is -2.49. The molecule has 3 aromatic heterocycles. The maximum Gasteiger partial charge on any atom is 0.274 e. The lowest BCUT2D eigenvalue weighted by atomic mass is 10.2. The molecule has 8 nitrogen and oxygen atoms in total. The topological polar surface area (TPSA) is 87.9 Å². The lowest BCUT2D eigenvalue weighted by molar-refractivity contribution is 0.0743. The number of sulfone groups is 1. The Bertz CT molecular complexity index is 1090. The summed E-state index contributed by atoms with van der Waals surface area (Å²) in [6.07, 6.45) is 4.44. The van der Waals surface area contributed by atoms with Crippen LogP contribution in [-0.2, 0) is 9.84 Å². The van der Waals surface area contributed by atoms with Gasteiger partial charge in [-0.15, -0.1) is 0 Å². The Hall–Kier alpha value is -2.94. The summed E-state index contributed by atoms with van der Waals surface area (Å²) in [6, 6.07) is 10.9. The number of pyridine rings is 2. The second-order valence-corrected chi connectivity index (χ2v) is 8.35. The minimum absolute atomic E-state index is 0.117. The molecule has 0 bridgehead atoms. The molecule has 3 aromatic rings. The zero-order chi connectivity index (χ0) is 19.0. The summed E-state index contributed by atoms with van der Waals surface area (Å²) in [4.78, 5) is 25.4. The largest absolute Gasteiger partial charge is 0.353 e. The monoisotopic (exact) mass is 385 g/mol. The van der Waals surface area contributed by atoms with E-state index in [9.17, 15) is 13.2 Å². The molecule has 0 saturated carbocycles. The molecule has 0 spiro atoms. The molecule has 4 heterocycles. The minimum Gasteiger partial charge on any atom is -0.353 e. The fourth-order valence-corrected chi connectivity index (χ4v) is 4.03. The summed E-state index contributed by atoms with van der Waals surface area (Å²) in [5, 5.41) is -0.117. The van der Waals surface area contributed by atoms with E-state index in [1.165, 1.54) is 4.40 Å². The molecule has 1 aliphatic heterocycles. The van der Waals surface area contributed by atoms with Gasteiger partial charge in [-0.1, -0.05) is 12.1 Å². The van der Waals surface area contributed by atoms with Gasteiger partial charge in [0.15, 0.2) is 5.69 Å². The molecule has 27 heavy (non-hydrogen) atoms. The number of carbonyl (C=O) groups excluding carboxylic acids is 1. The highest BCUT2D eigenvalue weighted by molar-refractivity contribution is 7.90. The van der Waals surface area contributed by atoms with Crippen molar-refractivity contribution < 1.29 is 13.2 Å². The van der Waals surface area contributed by atoms with Gasteiger partial charge in [0.1, 0.15) is 5.82 Å². The fourth-order valence-electron chi connectivity index (χ4n) is 3.26. The Kier molecular flexibility index (Phi) is 4.31. The van der Waals surface area contributed by atoms with Gasteiger partial charge >= 0.3 is 0 Å². The van der Waals surface area contributed by atoms with Crippen LogP contribution in [0.1, 0.15) is 10.5 Å². The molecule has 0 radical (unpaired) electrons. The summed E-state index contributed by atoms with van der Waals surface area (Å²) in [7, 11) is -3.55. The van der Waals surface area contributed by atoms with E-state index >= 15 is 0 Å². The van der Waals surface area contributed by atoms with E-state index in [2.05, 4.69) is 14.9 Å². The number of hydrogen-bond acceptors (Lipinski definition) is 6. The number of anilines is 1. The number of imidazole rings is 1. The van der Waals surface area contributed by atoms with Crippen molar-refractivity contribution in [1.82, 2.24) is 19.3 Å². The van der Waals surface area contributed by atoms with Gasteiger partial charge in [0.25, 0.3) is 5.91 Å². The van der Waals surface area contributed by atoms with Crippen molar-refractivity contribution in [2.24, 2.45) is 0 Å². The van der Waals surface area contributed by atoms with Crippen LogP contribution in [0.5, 0.6) is 0 Å². The third-order valence-electron chi connectivity index (χ3n) is 4.59. The quantitative estimate of drug-likeness (QED) is 0.671. The van der Waals surface area contributed by atoms with Gasteiger partial charge in [0.05, 0.1) is 5.52 Å². The van der Waals surface area contributed by atoms with E-state index in [4.69, 9.17) is 0 Å². The smallest absolute Gasteiger partial charge is 0.274 e. The number of aromatic nitrogens is 3. The standard InChI is InChI=1S/C18H19N5O3S/c1-27(25,26)18-20-16(14-6-3-5-9-23(14)18)17(24)22-12-10-21(11-13-22)15-7-2-4-8-19-15/h2-9H,10-13H2,1H3. The first-order valence-corrected chi connectivity index (χ1v) is 10.5. The van der Waals surface area contributed by atoms with E-state index in [1.807, 2.05) is 18.2 Å². The van der Waals surface area contributed by atoms with Crippen molar-refractivity contribution >= 4 is 27.1 Å². The molecule has 140 valence electrons. The molecular weight excluding hydrogens is 366 g/mol. The van der Waals surface area contributed by atoms with Gasteiger partial charge < -0.3 is 9.80 Å². The van der Waals surface area contributed by atoms with E-state index in [-0.39, 0.29) is 16.8 Å². The van der Waals surface area contributed by atoms with Crippen molar-refractivity contribution in [3.05, 3.63) is 54.5 Å². The van der Waals surface area contributed by atoms with Crippen molar-refractivity contribution in [1.29, 1.82) is 0 Å². The van der Waals surface area contributed by atoms with Crippen LogP contribution in [0.15, 0.2) is 53.9 Å². The molecule has 9 heteroatoms. The maximum absolute atomic E-state index is 13.0. The highest BCUT2D eigenvalue weighted by Gasteiger charge is 2.28. The van der Waals surface area contributed by atoms with Gasteiger partial charge in [-0.3, -0.25) is 9.20 Å². The first kappa shape index (κ1) is 17.5. The number of hydrogen-bond donors (Lipinski definition) is 0. The predicted octanol–water partition coefficient (Wildman–Crippen LogP) is 1.10. The number of amides is 1. The zero-order valence-electron chi connectivity index (χ0n) is 14.8. The summed E-state index contributed by atoms with van der Waals surface area (Å²) < 4.78 is 25.5. The molecule has 0 unspecified atom stereocenters. The van der Waals surface area contributed by atoms with Crippen LogP contribution in [0.4, 0.5) is 5.82 Å². The number of piperazine rings is 1. The van der Waals surface area contributed by atoms with Crippen molar-refractivity contribution in [3.63, 3.8) is 0 Å². The van der Waals surface area contributed by atoms with Gasteiger partial charge in [0.2, 0.25) is 15.0 Å². The van der Waals surface area contributed by atoms with Gasteiger partial charge in [-0.05, 0) is 24.3 Å². The molecule has 0 N–H and O–H groups in total. The number of nitrogens with zero attached hydrogens (tertiary/aromatic N) is 5. The number of rotatable bonds is 3. The summed E-state index contributed by atoms with van der Waals surface area (Å²) in [6.45, 7) is 2.37. The minimum atomic E-state index is -3.55. The van der Waals surface area contributed by atoms with Gasteiger partial charge in [0, 0.05) is 44.8 Å². The highest BCUT2D eigenvalue weighted by atomic mass is 32.2. The first-order valence-electron chi connectivity index (χ1n) is 8.57. The Balaban J connectivity index is 1.59.